The van der Waals surface area contributed by atoms with Gasteiger partial charge in [-0.05, 0) is 35.6 Å². The number of hydrogen-bond acceptors (Lipinski definition) is 6. The molecule has 0 bridgehead atoms. The summed E-state index contributed by atoms with van der Waals surface area (Å²) < 4.78 is 43.1. The molecule has 5 rings (SSSR count). The standard InChI is InChI=1S/C24H17F3N6O.CH3I/c1-14-8-7-12-17-19(14)28-21(16-11-5-6-13-18(16)34-24(25,26)27)29-22(17)31-23-30-20(32-33-23)15-9-3-2-4-10-15;1-2/h2-13H,1H3,(H2,28,29,30,31,32,33);1H3. The van der Waals surface area contributed by atoms with Gasteiger partial charge in [0.15, 0.2) is 11.6 Å². The Morgan fingerprint density at radius 1 is 0.861 bits per heavy atom. The van der Waals surface area contributed by atoms with E-state index in [1.165, 1.54) is 18.2 Å². The number of rotatable bonds is 5. The molecule has 36 heavy (non-hydrogen) atoms. The van der Waals surface area contributed by atoms with Gasteiger partial charge in [-0.15, -0.1) is 18.3 Å². The molecule has 3 aromatic carbocycles. The first kappa shape index (κ1) is 25.4. The summed E-state index contributed by atoms with van der Waals surface area (Å²) in [6.45, 7) is 1.86. The molecule has 0 aliphatic carbocycles. The second-order valence-electron chi connectivity index (χ2n) is 7.41. The third-order valence-electron chi connectivity index (χ3n) is 5.04. The van der Waals surface area contributed by atoms with Gasteiger partial charge in [-0.2, -0.15) is 4.98 Å². The molecule has 2 aromatic heterocycles. The van der Waals surface area contributed by atoms with Crippen molar-refractivity contribution in [1.82, 2.24) is 25.1 Å². The summed E-state index contributed by atoms with van der Waals surface area (Å²) in [5.41, 5.74) is 2.37. The number of para-hydroxylation sites is 2. The molecule has 7 nitrogen and oxygen atoms in total. The van der Waals surface area contributed by atoms with Gasteiger partial charge in [0.25, 0.3) is 0 Å². The minimum Gasteiger partial charge on any atom is -0.405 e. The Morgan fingerprint density at radius 3 is 2.33 bits per heavy atom. The van der Waals surface area contributed by atoms with Crippen LogP contribution in [0.3, 0.4) is 0 Å². The number of aromatic amines is 1. The number of fused-ring (bicyclic) bond motifs is 1. The van der Waals surface area contributed by atoms with E-state index in [0.717, 1.165) is 11.1 Å². The summed E-state index contributed by atoms with van der Waals surface area (Å²) >= 11 is 2.15. The molecule has 184 valence electrons. The van der Waals surface area contributed by atoms with Crippen LogP contribution in [0.5, 0.6) is 5.75 Å². The molecule has 2 N–H and O–H groups in total. The number of aromatic nitrogens is 5. The van der Waals surface area contributed by atoms with Crippen molar-refractivity contribution >= 4 is 45.3 Å². The monoisotopic (exact) mass is 604 g/mol. The first-order valence-electron chi connectivity index (χ1n) is 10.6. The Hall–Kier alpha value is -3.74. The van der Waals surface area contributed by atoms with E-state index in [4.69, 9.17) is 0 Å². The molecular weight excluding hydrogens is 584 g/mol. The maximum atomic E-state index is 13.0. The highest BCUT2D eigenvalue weighted by Gasteiger charge is 2.32. The van der Waals surface area contributed by atoms with E-state index < -0.39 is 12.1 Å². The molecule has 0 spiro atoms. The molecule has 0 atom stereocenters. The molecule has 0 amide bonds. The number of ether oxygens (including phenoxy) is 1. The molecule has 5 aromatic rings. The van der Waals surface area contributed by atoms with Gasteiger partial charge in [-0.1, -0.05) is 77.2 Å². The Bertz CT molecular complexity index is 1470. The summed E-state index contributed by atoms with van der Waals surface area (Å²) in [5, 5.41) is 10.8. The van der Waals surface area contributed by atoms with Crippen LogP contribution in [0.15, 0.2) is 72.8 Å². The molecule has 2 heterocycles. The molecule has 0 saturated heterocycles. The van der Waals surface area contributed by atoms with Gasteiger partial charge in [0.1, 0.15) is 11.6 Å². The third-order valence-corrected chi connectivity index (χ3v) is 5.04. The van der Waals surface area contributed by atoms with Crippen LogP contribution in [-0.2, 0) is 0 Å². The Morgan fingerprint density at radius 2 is 1.58 bits per heavy atom. The first-order valence-corrected chi connectivity index (χ1v) is 12.8. The number of halogens is 4. The minimum absolute atomic E-state index is 0.0722. The van der Waals surface area contributed by atoms with Crippen molar-refractivity contribution in [3.05, 3.63) is 78.4 Å². The van der Waals surface area contributed by atoms with Crippen molar-refractivity contribution in [3.63, 3.8) is 0 Å². The Balaban J connectivity index is 0.00000148. The molecule has 0 unspecified atom stereocenters. The third kappa shape index (κ3) is 5.73. The van der Waals surface area contributed by atoms with E-state index in [-0.39, 0.29) is 17.3 Å². The van der Waals surface area contributed by atoms with Crippen molar-refractivity contribution < 1.29 is 17.9 Å². The lowest BCUT2D eigenvalue weighted by molar-refractivity contribution is -0.274. The van der Waals surface area contributed by atoms with Gasteiger partial charge in [-0.25, -0.2) is 9.97 Å². The number of hydrogen-bond donors (Lipinski definition) is 2. The van der Waals surface area contributed by atoms with E-state index in [0.29, 0.717) is 22.5 Å². The topological polar surface area (TPSA) is 88.6 Å². The number of benzene rings is 3. The molecule has 0 fully saturated rings. The van der Waals surface area contributed by atoms with E-state index in [2.05, 4.69) is 57.8 Å². The number of anilines is 2. The summed E-state index contributed by atoms with van der Waals surface area (Å²) in [6.07, 6.45) is -4.85. The zero-order chi connectivity index (χ0) is 25.7. The van der Waals surface area contributed by atoms with E-state index >= 15 is 0 Å². The second-order valence-corrected chi connectivity index (χ2v) is 7.41. The van der Waals surface area contributed by atoms with Crippen LogP contribution in [0, 0.1) is 6.92 Å². The van der Waals surface area contributed by atoms with Gasteiger partial charge < -0.3 is 10.1 Å². The van der Waals surface area contributed by atoms with Crippen molar-refractivity contribution in [2.45, 2.75) is 13.3 Å². The highest BCUT2D eigenvalue weighted by Crippen LogP contribution is 2.35. The summed E-state index contributed by atoms with van der Waals surface area (Å²) in [7, 11) is 0. The summed E-state index contributed by atoms with van der Waals surface area (Å²) in [4.78, 5) is 15.5. The first-order chi connectivity index (χ1) is 17.4. The zero-order valence-corrected chi connectivity index (χ0v) is 21.3. The fourth-order valence-corrected chi connectivity index (χ4v) is 3.52. The summed E-state index contributed by atoms with van der Waals surface area (Å²) in [6, 6.07) is 20.7. The normalized spacial score (nSPS) is 11.1. The van der Waals surface area contributed by atoms with Crippen molar-refractivity contribution in [3.8, 4) is 28.5 Å². The molecule has 0 saturated carbocycles. The van der Waals surface area contributed by atoms with Gasteiger partial charge in [-0.3, -0.25) is 5.10 Å². The lowest BCUT2D eigenvalue weighted by atomic mass is 10.1. The highest BCUT2D eigenvalue weighted by molar-refractivity contribution is 14.1. The fourth-order valence-electron chi connectivity index (χ4n) is 3.52. The van der Waals surface area contributed by atoms with Crippen LogP contribution in [0.1, 0.15) is 5.56 Å². The smallest absolute Gasteiger partial charge is 0.405 e. The van der Waals surface area contributed by atoms with Gasteiger partial charge in [0.05, 0.1) is 11.1 Å². The molecule has 0 radical (unpaired) electrons. The maximum absolute atomic E-state index is 13.0. The average molecular weight is 604 g/mol. The number of nitrogens with one attached hydrogen (secondary N) is 2. The SMILES string of the molecule is CI.Cc1cccc2c(Nc3n[nH]c(-c4ccccc4)n3)nc(-c3ccccc3OC(F)(F)F)nc12. The van der Waals surface area contributed by atoms with E-state index in [9.17, 15) is 13.2 Å². The largest absolute Gasteiger partial charge is 0.573 e. The van der Waals surface area contributed by atoms with E-state index in [1.54, 1.807) is 6.07 Å². The molecule has 0 aliphatic rings. The average Bonchev–Trinajstić information content (AvgIpc) is 3.34. The van der Waals surface area contributed by atoms with Gasteiger partial charge in [0.2, 0.25) is 5.95 Å². The molecule has 0 aliphatic heterocycles. The number of nitrogens with zero attached hydrogens (tertiary/aromatic N) is 4. The van der Waals surface area contributed by atoms with Crippen molar-refractivity contribution in [2.75, 3.05) is 10.2 Å². The van der Waals surface area contributed by atoms with Crippen molar-refractivity contribution in [2.24, 2.45) is 0 Å². The quantitative estimate of drug-likeness (QED) is 0.165. The second kappa shape index (κ2) is 10.9. The Labute approximate surface area is 218 Å². The lowest BCUT2D eigenvalue weighted by Crippen LogP contribution is -2.17. The zero-order valence-electron chi connectivity index (χ0n) is 19.1. The van der Waals surface area contributed by atoms with Gasteiger partial charge >= 0.3 is 6.36 Å². The van der Waals surface area contributed by atoms with Crippen LogP contribution in [0.4, 0.5) is 24.9 Å². The number of H-pyrrole nitrogens is 1. The fraction of sp³-hybridized carbons (Fsp3) is 0.120. The highest BCUT2D eigenvalue weighted by atomic mass is 127. The van der Waals surface area contributed by atoms with Crippen LogP contribution in [0.2, 0.25) is 0 Å². The lowest BCUT2D eigenvalue weighted by Gasteiger charge is -2.14. The number of aryl methyl sites for hydroxylation is 1. The van der Waals surface area contributed by atoms with Crippen LogP contribution in [-0.4, -0.2) is 36.4 Å². The molecule has 11 heteroatoms. The molecular formula is C25H20F3IN6O. The van der Waals surface area contributed by atoms with Crippen LogP contribution >= 0.6 is 22.6 Å². The van der Waals surface area contributed by atoms with Gasteiger partial charge in [0, 0.05) is 10.9 Å². The van der Waals surface area contributed by atoms with Crippen molar-refractivity contribution in [1.29, 1.82) is 0 Å². The number of alkyl halides is 4. The van der Waals surface area contributed by atoms with Crippen LogP contribution < -0.4 is 10.1 Å². The van der Waals surface area contributed by atoms with Crippen LogP contribution in [0.25, 0.3) is 33.7 Å². The Kier molecular flexibility index (Phi) is 7.67. The minimum atomic E-state index is -4.85. The summed E-state index contributed by atoms with van der Waals surface area (Å²) in [5.74, 6) is 0.846. The predicted molar refractivity (Wildman–Crippen MR) is 141 cm³/mol. The van der Waals surface area contributed by atoms with E-state index in [1.807, 2.05) is 60.4 Å². The maximum Gasteiger partial charge on any atom is 0.573 e. The predicted octanol–water partition coefficient (Wildman–Crippen LogP) is 7.08.